The number of aliphatic hydroxyl groups is 1. The monoisotopic (exact) mass is 543 g/mol. The second kappa shape index (κ2) is 11.7. The van der Waals surface area contributed by atoms with E-state index in [1.165, 1.54) is 4.90 Å². The minimum atomic E-state index is -4.74. The summed E-state index contributed by atoms with van der Waals surface area (Å²) in [6, 6.07) is -2.50. The Bertz CT molecular complexity index is 933. The summed E-state index contributed by atoms with van der Waals surface area (Å²) >= 11 is 0. The molecule has 0 aliphatic carbocycles. The first-order valence-corrected chi connectivity index (χ1v) is 11.3. The number of hydrazine groups is 1. The van der Waals surface area contributed by atoms with Gasteiger partial charge in [-0.1, -0.05) is 0 Å². The Labute approximate surface area is 207 Å². The summed E-state index contributed by atoms with van der Waals surface area (Å²) < 4.78 is 82.9. The molecule has 0 aromatic carbocycles. The highest BCUT2D eigenvalue weighted by molar-refractivity contribution is 5.80. The lowest BCUT2D eigenvalue weighted by Gasteiger charge is -2.36. The van der Waals surface area contributed by atoms with Crippen molar-refractivity contribution in [3.8, 4) is 0 Å². The molecule has 3 rings (SSSR count). The third-order valence-corrected chi connectivity index (χ3v) is 5.85. The molecule has 1 aromatic rings. The Hall–Kier alpha value is -2.76. The van der Waals surface area contributed by atoms with Crippen LogP contribution in [-0.4, -0.2) is 90.1 Å². The van der Waals surface area contributed by atoms with Crippen molar-refractivity contribution in [2.24, 2.45) is 5.92 Å². The van der Waals surface area contributed by atoms with Crippen LogP contribution in [0.5, 0.6) is 0 Å². The number of carbonyl (C=O) groups excluding carboxylic acids is 2. The number of amides is 2. The number of aliphatic hydroxyl groups excluding tert-OH is 1. The van der Waals surface area contributed by atoms with Crippen LogP contribution in [0.2, 0.25) is 0 Å². The van der Waals surface area contributed by atoms with E-state index in [9.17, 15) is 41.0 Å². The fourth-order valence-electron chi connectivity index (χ4n) is 4.06. The van der Waals surface area contributed by atoms with Crippen molar-refractivity contribution in [2.45, 2.75) is 49.9 Å². The van der Waals surface area contributed by atoms with Crippen LogP contribution in [0.15, 0.2) is 12.4 Å². The van der Waals surface area contributed by atoms with Crippen molar-refractivity contribution >= 4 is 17.8 Å². The highest BCUT2D eigenvalue weighted by atomic mass is 19.4. The average molecular weight is 543 g/mol. The van der Waals surface area contributed by atoms with Crippen LogP contribution >= 0.6 is 0 Å². The summed E-state index contributed by atoms with van der Waals surface area (Å²) in [5.41, 5.74) is 3.35. The van der Waals surface area contributed by atoms with Crippen molar-refractivity contribution in [3.05, 3.63) is 18.0 Å². The van der Waals surface area contributed by atoms with Gasteiger partial charge < -0.3 is 25.4 Å². The average Bonchev–Trinajstić information content (AvgIpc) is 2.79. The van der Waals surface area contributed by atoms with Crippen LogP contribution in [0.25, 0.3) is 0 Å². The van der Waals surface area contributed by atoms with Gasteiger partial charge in [0.2, 0.25) is 17.8 Å². The number of aromatic nitrogens is 2. The highest BCUT2D eigenvalue weighted by Crippen LogP contribution is 2.30. The third kappa shape index (κ3) is 7.86. The summed E-state index contributed by atoms with van der Waals surface area (Å²) in [5.74, 6) is -3.99. The molecular weight excluding hydrogens is 516 g/mol. The number of nitrogens with one attached hydrogen (secondary N) is 4. The lowest BCUT2D eigenvalue weighted by molar-refractivity contribution is -0.193. The Morgan fingerprint density at radius 2 is 1.92 bits per heavy atom. The van der Waals surface area contributed by atoms with E-state index in [2.05, 4.69) is 26.0 Å². The number of alkyl halides is 6. The van der Waals surface area contributed by atoms with Gasteiger partial charge in [0.1, 0.15) is 6.61 Å². The molecule has 2 unspecified atom stereocenters. The first-order valence-electron chi connectivity index (χ1n) is 11.3. The van der Waals surface area contributed by atoms with E-state index in [0.29, 0.717) is 12.4 Å². The van der Waals surface area contributed by atoms with Crippen molar-refractivity contribution in [1.29, 1.82) is 0 Å². The van der Waals surface area contributed by atoms with E-state index in [0.717, 1.165) is 0 Å². The number of β-amino-alcohol motifs (C(OH)–C–C–N with tert-alkyl or cyclic N) is 1. The van der Waals surface area contributed by atoms with Crippen molar-refractivity contribution in [3.63, 3.8) is 0 Å². The number of nitrogens with zero attached hydrogens (tertiary/aromatic N) is 3. The topological polar surface area (TPSA) is 141 Å². The molecule has 0 spiro atoms. The molecule has 11 nitrogen and oxygen atoms in total. The normalized spacial score (nSPS) is 25.9. The number of piperidine rings is 1. The largest absolute Gasteiger partial charge is 0.419 e. The molecule has 5 N–H and O–H groups in total. The van der Waals surface area contributed by atoms with Crippen LogP contribution in [0.1, 0.15) is 18.9 Å². The quantitative estimate of drug-likeness (QED) is 0.280. The van der Waals surface area contributed by atoms with Crippen LogP contribution in [0, 0.1) is 5.92 Å². The molecular formula is C20H27F6N7O4. The minimum absolute atomic E-state index is 0.0139. The molecule has 0 bridgehead atoms. The second-order valence-electron chi connectivity index (χ2n) is 8.82. The van der Waals surface area contributed by atoms with Crippen LogP contribution in [0.4, 0.5) is 32.3 Å². The Kier molecular flexibility index (Phi) is 9.14. The Morgan fingerprint density at radius 3 is 2.51 bits per heavy atom. The molecule has 0 radical (unpaired) electrons. The van der Waals surface area contributed by atoms with Crippen molar-refractivity contribution in [2.75, 3.05) is 37.7 Å². The maximum Gasteiger partial charge on any atom is 0.419 e. The van der Waals surface area contributed by atoms with E-state index in [-0.39, 0.29) is 38.6 Å². The third-order valence-electron chi connectivity index (χ3n) is 5.85. The zero-order valence-electron chi connectivity index (χ0n) is 19.6. The van der Waals surface area contributed by atoms with Gasteiger partial charge in [-0.3, -0.25) is 15.0 Å². The van der Waals surface area contributed by atoms with Crippen LogP contribution < -0.4 is 26.4 Å². The summed E-state index contributed by atoms with van der Waals surface area (Å²) in [4.78, 5) is 32.7. The zero-order chi connectivity index (χ0) is 27.4. The summed E-state index contributed by atoms with van der Waals surface area (Å²) in [5, 5.41) is 15.6. The predicted octanol–water partition coefficient (Wildman–Crippen LogP) is -0.273. The maximum atomic E-state index is 13.2. The minimum Gasteiger partial charge on any atom is -0.389 e. The van der Waals surface area contributed by atoms with Crippen molar-refractivity contribution in [1.82, 2.24) is 31.5 Å². The molecule has 2 fully saturated rings. The first-order chi connectivity index (χ1) is 17.3. The Balaban J connectivity index is 1.40. The van der Waals surface area contributed by atoms with E-state index in [1.54, 1.807) is 6.92 Å². The number of hydrogen-bond donors (Lipinski definition) is 5. The molecule has 2 amide bonds. The molecule has 5 atom stereocenters. The zero-order valence-corrected chi connectivity index (χ0v) is 19.6. The van der Waals surface area contributed by atoms with Crippen LogP contribution in [-0.2, 0) is 20.5 Å². The van der Waals surface area contributed by atoms with Gasteiger partial charge in [0.15, 0.2) is 5.92 Å². The summed E-state index contributed by atoms with van der Waals surface area (Å²) in [6.45, 7) is 1.07. The maximum absolute atomic E-state index is 13.2. The predicted molar refractivity (Wildman–Crippen MR) is 115 cm³/mol. The number of anilines is 1. The van der Waals surface area contributed by atoms with Gasteiger partial charge in [-0.05, 0) is 13.3 Å². The lowest BCUT2D eigenvalue weighted by atomic mass is 9.96. The van der Waals surface area contributed by atoms with Gasteiger partial charge in [-0.25, -0.2) is 15.4 Å². The van der Waals surface area contributed by atoms with E-state index < -0.39 is 66.5 Å². The summed E-state index contributed by atoms with van der Waals surface area (Å²) in [6.07, 6.45) is -8.81. The van der Waals surface area contributed by atoms with E-state index in [1.807, 2.05) is 5.43 Å². The van der Waals surface area contributed by atoms with Gasteiger partial charge in [-0.15, -0.1) is 0 Å². The highest BCUT2D eigenvalue weighted by Gasteiger charge is 2.51. The molecule has 17 heteroatoms. The number of rotatable bonds is 8. The molecule has 3 heterocycles. The molecule has 2 saturated heterocycles. The van der Waals surface area contributed by atoms with E-state index in [4.69, 9.17) is 4.74 Å². The van der Waals surface area contributed by atoms with Gasteiger partial charge in [-0.2, -0.15) is 26.3 Å². The smallest absolute Gasteiger partial charge is 0.389 e. The number of ether oxygens (including phenoxy) is 1. The SMILES string of the molecule is C[C@@H](COCC(=O)N[C@@H]1CCN(c2ncc(C(F)(F)F)cn2)C[C@H]1O)NC1CNNC(=O)C1C(F)(F)F. The van der Waals surface area contributed by atoms with Crippen LogP contribution in [0.3, 0.4) is 0 Å². The van der Waals surface area contributed by atoms with Gasteiger partial charge in [0.05, 0.1) is 24.3 Å². The lowest BCUT2D eigenvalue weighted by Crippen LogP contribution is -2.65. The number of carbonyl (C=O) groups is 2. The summed E-state index contributed by atoms with van der Waals surface area (Å²) in [7, 11) is 0. The van der Waals surface area contributed by atoms with Crippen molar-refractivity contribution < 1.29 is 45.8 Å². The first kappa shape index (κ1) is 28.8. The molecule has 2 aliphatic heterocycles. The van der Waals surface area contributed by atoms with Gasteiger partial charge in [0, 0.05) is 44.1 Å². The van der Waals surface area contributed by atoms with Gasteiger partial charge >= 0.3 is 12.4 Å². The molecule has 2 aliphatic rings. The Morgan fingerprint density at radius 1 is 1.24 bits per heavy atom. The number of hydrogen-bond acceptors (Lipinski definition) is 9. The molecule has 1 aromatic heterocycles. The van der Waals surface area contributed by atoms with Gasteiger partial charge in [0.25, 0.3) is 0 Å². The standard InChI is InChI=1S/C20H27F6N7O4/c1-10(30-13-6-29-32-17(36)16(13)20(24,25)26)8-37-9-15(35)31-12-2-3-33(7-14(12)34)18-27-4-11(5-28-18)19(21,22)23/h4-5,10,12-14,16,29-30,34H,2-3,6-9H2,1H3,(H,31,35)(H,32,36)/t10-,12+,13?,14+,16?/m0/s1. The number of halogens is 6. The molecule has 0 saturated carbocycles. The molecule has 208 valence electrons. The second-order valence-corrected chi connectivity index (χ2v) is 8.82. The molecule has 37 heavy (non-hydrogen) atoms. The van der Waals surface area contributed by atoms with E-state index >= 15 is 0 Å². The fraction of sp³-hybridized carbons (Fsp3) is 0.700. The fourth-order valence-corrected chi connectivity index (χ4v) is 4.06.